The summed E-state index contributed by atoms with van der Waals surface area (Å²) in [6.45, 7) is 6.97. The number of allylic oxidation sites excluding steroid dienone is 1. The normalized spacial score (nSPS) is 20.2. The van der Waals surface area contributed by atoms with E-state index in [1.165, 1.54) is 12.8 Å². The minimum absolute atomic E-state index is 0.00948. The largest absolute Gasteiger partial charge is 0.492 e. The molecule has 7 rings (SSSR count). The molecule has 10 heteroatoms. The van der Waals surface area contributed by atoms with E-state index in [2.05, 4.69) is 4.90 Å². The number of nitrogens with zero attached hydrogens (tertiary/aromatic N) is 2. The molecule has 240 valence electrons. The smallest absolute Gasteiger partial charge is 0.442 e. The number of carbonyl (C=O) groups excluding carboxylic acids is 3. The predicted octanol–water partition coefficient (Wildman–Crippen LogP) is 5.77. The topological polar surface area (TPSA) is 94.6 Å². The van der Waals surface area contributed by atoms with Crippen LogP contribution in [0.4, 0.5) is 0 Å². The van der Waals surface area contributed by atoms with Gasteiger partial charge >= 0.3 is 11.9 Å². The molecule has 0 N–H and O–H groups in total. The van der Waals surface area contributed by atoms with Crippen molar-refractivity contribution in [3.8, 4) is 11.5 Å². The second kappa shape index (κ2) is 12.8. The second-order valence-electron chi connectivity index (χ2n) is 12.1. The van der Waals surface area contributed by atoms with E-state index in [1.807, 2.05) is 84.6 Å². The number of rotatable bonds is 11. The molecule has 9 nitrogen and oxygen atoms in total. The van der Waals surface area contributed by atoms with Crippen LogP contribution in [-0.4, -0.2) is 73.1 Å². The van der Waals surface area contributed by atoms with Crippen molar-refractivity contribution in [2.75, 3.05) is 39.4 Å². The van der Waals surface area contributed by atoms with Gasteiger partial charge in [0, 0.05) is 37.1 Å². The molecule has 0 unspecified atom stereocenters. The molecular weight excluding hydrogens is 604 g/mol. The van der Waals surface area contributed by atoms with Gasteiger partial charge in [0.15, 0.2) is 0 Å². The van der Waals surface area contributed by atoms with Gasteiger partial charge in [0.05, 0.1) is 15.8 Å². The van der Waals surface area contributed by atoms with Gasteiger partial charge in [-0.1, -0.05) is 40.9 Å². The molecule has 1 amide bonds. The highest BCUT2D eigenvalue weighted by Crippen LogP contribution is 2.76. The zero-order valence-electron chi connectivity index (χ0n) is 25.9. The molecule has 1 spiro atoms. The Kier molecular flexibility index (Phi) is 8.48. The molecular formula is C36H38N2O7S. The number of hydrogen-bond acceptors (Lipinski definition) is 8. The Bertz CT molecular complexity index is 1650. The number of ether oxygens (including phenoxy) is 2. The van der Waals surface area contributed by atoms with Crippen LogP contribution in [0.3, 0.4) is 0 Å². The van der Waals surface area contributed by atoms with Gasteiger partial charge in [-0.25, -0.2) is 9.59 Å². The maximum absolute atomic E-state index is 12.6. The molecule has 0 bridgehead atoms. The first-order valence-corrected chi connectivity index (χ1v) is 17.5. The van der Waals surface area contributed by atoms with Crippen LogP contribution in [0.1, 0.15) is 49.3 Å². The second-order valence-corrected chi connectivity index (χ2v) is 14.3. The molecule has 4 aliphatic rings. The lowest BCUT2D eigenvalue weighted by molar-refractivity contribution is -0.150. The summed E-state index contributed by atoms with van der Waals surface area (Å²) in [7, 11) is -2.85. The SMILES string of the molecule is C[C@@H](COc1ccc(CC2=C(c3ccc(OCCN4CCCC4)cc3)S3(OC(=O)C(=O)O3)c3ccccc32)cc1)N1CCCC1=O. The summed E-state index contributed by atoms with van der Waals surface area (Å²) in [4.78, 5) is 42.9. The molecule has 3 fully saturated rings. The third kappa shape index (κ3) is 5.87. The van der Waals surface area contributed by atoms with Crippen LogP contribution < -0.4 is 9.47 Å². The van der Waals surface area contributed by atoms with Crippen LogP contribution in [0.25, 0.3) is 10.5 Å². The highest BCUT2D eigenvalue weighted by molar-refractivity contribution is 8.35. The fourth-order valence-electron chi connectivity index (χ4n) is 6.67. The van der Waals surface area contributed by atoms with Crippen molar-refractivity contribution < 1.29 is 32.2 Å². The number of likely N-dealkylation sites (tertiary alicyclic amines) is 2. The zero-order valence-corrected chi connectivity index (χ0v) is 26.8. The minimum atomic E-state index is -2.85. The zero-order chi connectivity index (χ0) is 31.7. The van der Waals surface area contributed by atoms with Gasteiger partial charge in [-0.3, -0.25) is 9.69 Å². The van der Waals surface area contributed by atoms with Gasteiger partial charge < -0.3 is 22.7 Å². The van der Waals surface area contributed by atoms with E-state index in [4.69, 9.17) is 17.8 Å². The van der Waals surface area contributed by atoms with Crippen molar-refractivity contribution >= 4 is 38.9 Å². The Morgan fingerprint density at radius 2 is 1.48 bits per heavy atom. The fraction of sp³-hybridized carbons (Fsp3) is 0.361. The summed E-state index contributed by atoms with van der Waals surface area (Å²) in [6, 6.07) is 23.3. The summed E-state index contributed by atoms with van der Waals surface area (Å²) >= 11 is 0. The van der Waals surface area contributed by atoms with E-state index < -0.39 is 22.5 Å². The van der Waals surface area contributed by atoms with Gasteiger partial charge in [0.25, 0.3) is 0 Å². The summed E-state index contributed by atoms with van der Waals surface area (Å²) in [5.41, 5.74) is 3.66. The van der Waals surface area contributed by atoms with Crippen molar-refractivity contribution in [1.29, 1.82) is 0 Å². The molecule has 0 saturated carbocycles. The van der Waals surface area contributed by atoms with Crippen molar-refractivity contribution in [3.05, 3.63) is 89.5 Å². The average molecular weight is 643 g/mol. The lowest BCUT2D eigenvalue weighted by Crippen LogP contribution is -2.38. The highest BCUT2D eigenvalue weighted by atomic mass is 32.3. The maximum atomic E-state index is 12.6. The van der Waals surface area contributed by atoms with Gasteiger partial charge in [0.1, 0.15) is 24.7 Å². The number of amides is 1. The first kappa shape index (κ1) is 30.4. The Balaban J connectivity index is 1.15. The molecule has 4 heterocycles. The third-order valence-electron chi connectivity index (χ3n) is 9.03. The molecule has 3 aromatic carbocycles. The Morgan fingerprint density at radius 1 is 0.804 bits per heavy atom. The van der Waals surface area contributed by atoms with Gasteiger partial charge in [-0.15, -0.1) is 0 Å². The van der Waals surface area contributed by atoms with Crippen LogP contribution in [-0.2, 0) is 29.2 Å². The van der Waals surface area contributed by atoms with Crippen LogP contribution >= 0.6 is 10.6 Å². The van der Waals surface area contributed by atoms with E-state index in [-0.39, 0.29) is 11.9 Å². The third-order valence-corrected chi connectivity index (χ3v) is 11.8. The van der Waals surface area contributed by atoms with E-state index >= 15 is 0 Å². The van der Waals surface area contributed by atoms with Gasteiger partial charge in [-0.2, -0.15) is 0 Å². The molecule has 46 heavy (non-hydrogen) atoms. The molecule has 1 atom stereocenters. The van der Waals surface area contributed by atoms with Crippen LogP contribution in [0.2, 0.25) is 0 Å². The fourth-order valence-corrected chi connectivity index (χ4v) is 9.53. The molecule has 0 radical (unpaired) electrons. The first-order valence-electron chi connectivity index (χ1n) is 16.0. The number of fused-ring (bicyclic) bond motifs is 2. The van der Waals surface area contributed by atoms with Crippen molar-refractivity contribution in [2.45, 2.75) is 50.0 Å². The maximum Gasteiger partial charge on any atom is 0.442 e. The lowest BCUT2D eigenvalue weighted by Gasteiger charge is -2.34. The van der Waals surface area contributed by atoms with Crippen molar-refractivity contribution in [2.24, 2.45) is 0 Å². The van der Waals surface area contributed by atoms with E-state index in [1.54, 1.807) is 0 Å². The average Bonchev–Trinajstić information content (AvgIpc) is 3.86. The number of hydrogen-bond donors (Lipinski definition) is 0. The summed E-state index contributed by atoms with van der Waals surface area (Å²) in [5, 5.41) is 0. The van der Waals surface area contributed by atoms with E-state index in [0.29, 0.717) is 35.9 Å². The Morgan fingerprint density at radius 3 is 2.17 bits per heavy atom. The van der Waals surface area contributed by atoms with E-state index in [9.17, 15) is 14.4 Å². The lowest BCUT2D eigenvalue weighted by atomic mass is 9.96. The predicted molar refractivity (Wildman–Crippen MR) is 175 cm³/mol. The Hall–Kier alpha value is -4.28. The van der Waals surface area contributed by atoms with Gasteiger partial charge in [-0.05, 0) is 92.9 Å². The van der Waals surface area contributed by atoms with Gasteiger partial charge in [0.2, 0.25) is 5.91 Å². The summed E-state index contributed by atoms with van der Waals surface area (Å²) in [6.07, 6.45) is 4.51. The van der Waals surface area contributed by atoms with Crippen LogP contribution in [0, 0.1) is 0 Å². The monoisotopic (exact) mass is 642 g/mol. The van der Waals surface area contributed by atoms with Crippen LogP contribution in [0.15, 0.2) is 77.7 Å². The van der Waals surface area contributed by atoms with Crippen LogP contribution in [0.5, 0.6) is 11.5 Å². The summed E-state index contributed by atoms with van der Waals surface area (Å²) < 4.78 is 23.9. The van der Waals surface area contributed by atoms with Crippen molar-refractivity contribution in [1.82, 2.24) is 9.80 Å². The molecule has 0 aromatic heterocycles. The van der Waals surface area contributed by atoms with Crippen molar-refractivity contribution in [3.63, 3.8) is 0 Å². The standard InChI is InChI=1S/C36H38N2O7S/c1-25(38-20-6-9-33(38)39)24-43-29-14-10-26(11-15-29)23-31-30-7-2-3-8-32(30)46(44-35(40)36(41)45-46)34(31)27-12-16-28(17-13-27)42-22-21-37-18-4-5-19-37/h2-3,7-8,10-17,25H,4-6,9,18-24H2,1H3/t25-/m0/s1. The molecule has 3 saturated heterocycles. The number of benzene rings is 3. The number of carbonyl (C=O) groups is 3. The highest BCUT2D eigenvalue weighted by Gasteiger charge is 2.52. The minimum Gasteiger partial charge on any atom is -0.492 e. The Labute approximate surface area is 270 Å². The summed E-state index contributed by atoms with van der Waals surface area (Å²) in [5.74, 6) is -0.285. The van der Waals surface area contributed by atoms with E-state index in [0.717, 1.165) is 66.4 Å². The first-order chi connectivity index (χ1) is 22.4. The molecule has 4 aliphatic heterocycles. The molecule has 3 aromatic rings. The quantitative estimate of drug-likeness (QED) is 0.244. The molecule has 0 aliphatic carbocycles.